The molecule has 0 atom stereocenters. The Kier molecular flexibility index (Phi) is 12.2. The maximum Gasteiger partial charge on any atom is 0.343 e. The highest BCUT2D eigenvalue weighted by atomic mass is 16.5. The number of unbranched alkanes of at least 4 members (excludes halogenated alkanes) is 9. The van der Waals surface area contributed by atoms with Gasteiger partial charge in [-0.2, -0.15) is 0 Å². The van der Waals surface area contributed by atoms with Crippen molar-refractivity contribution in [1.82, 2.24) is 0 Å². The van der Waals surface area contributed by atoms with E-state index in [0.717, 1.165) is 12.8 Å². The minimum Gasteiger partial charge on any atom is -0.507 e. The Labute approximate surface area is 235 Å². The van der Waals surface area contributed by atoms with E-state index in [1.54, 1.807) is 24.3 Å². The lowest BCUT2D eigenvalue weighted by Crippen LogP contribution is -2.09. The summed E-state index contributed by atoms with van der Waals surface area (Å²) < 4.78 is 11.2. The number of rotatable bonds is 17. The molecule has 2 N–H and O–H groups in total. The number of aldehydes is 1. The van der Waals surface area contributed by atoms with E-state index < -0.39 is 23.3 Å². The highest BCUT2D eigenvalue weighted by Crippen LogP contribution is 2.32. The van der Waals surface area contributed by atoms with Crippen LogP contribution in [-0.2, 0) is 0 Å². The van der Waals surface area contributed by atoms with E-state index in [1.165, 1.54) is 87.8 Å². The molecule has 40 heavy (non-hydrogen) atoms. The van der Waals surface area contributed by atoms with Crippen LogP contribution in [0.5, 0.6) is 23.0 Å². The molecule has 0 heterocycles. The van der Waals surface area contributed by atoms with Crippen molar-refractivity contribution < 1.29 is 34.1 Å². The number of hydrogen-bond donors (Lipinski definition) is 2. The maximum atomic E-state index is 12.8. The molecule has 3 aromatic carbocycles. The van der Waals surface area contributed by atoms with Crippen LogP contribution in [0, 0.1) is 0 Å². The van der Waals surface area contributed by atoms with Crippen LogP contribution in [0.25, 0.3) is 0 Å². The second-order valence-corrected chi connectivity index (χ2v) is 9.81. The quantitative estimate of drug-likeness (QED) is 0.0588. The van der Waals surface area contributed by atoms with Crippen molar-refractivity contribution in [1.29, 1.82) is 0 Å². The van der Waals surface area contributed by atoms with Crippen molar-refractivity contribution >= 4 is 18.0 Å². The van der Waals surface area contributed by atoms with Crippen molar-refractivity contribution in [2.75, 3.05) is 6.61 Å². The zero-order valence-electron chi connectivity index (χ0n) is 23.1. The monoisotopic (exact) mass is 546 g/mol. The van der Waals surface area contributed by atoms with Gasteiger partial charge in [-0.25, -0.2) is 4.79 Å². The number of carbonyl (C=O) groups excluding carboxylic acids is 3. The third-order valence-electron chi connectivity index (χ3n) is 6.72. The van der Waals surface area contributed by atoms with E-state index in [0.29, 0.717) is 24.2 Å². The lowest BCUT2D eigenvalue weighted by molar-refractivity contribution is 0.0734. The minimum absolute atomic E-state index is 0.109. The van der Waals surface area contributed by atoms with Gasteiger partial charge in [0.1, 0.15) is 28.6 Å². The molecule has 0 aliphatic heterocycles. The molecule has 7 heteroatoms. The van der Waals surface area contributed by atoms with E-state index in [-0.39, 0.29) is 22.4 Å². The van der Waals surface area contributed by atoms with E-state index in [4.69, 9.17) is 9.47 Å². The molecule has 0 amide bonds. The molecule has 212 valence electrons. The Morgan fingerprint density at radius 3 is 1.85 bits per heavy atom. The predicted molar refractivity (Wildman–Crippen MR) is 154 cm³/mol. The first kappa shape index (κ1) is 30.4. The molecule has 0 aromatic heterocycles. The Hall–Kier alpha value is -4.13. The fraction of sp³-hybridized carbons (Fsp3) is 0.364. The maximum absolute atomic E-state index is 12.8. The van der Waals surface area contributed by atoms with E-state index in [9.17, 15) is 24.6 Å². The van der Waals surface area contributed by atoms with Crippen LogP contribution in [-0.4, -0.2) is 34.9 Å². The summed E-state index contributed by atoms with van der Waals surface area (Å²) in [7, 11) is 0. The number of aromatic hydroxyl groups is 2. The first-order valence-corrected chi connectivity index (χ1v) is 14.0. The zero-order valence-corrected chi connectivity index (χ0v) is 23.1. The summed E-state index contributed by atoms with van der Waals surface area (Å²) in [6.07, 6.45) is 13.1. The first-order valence-electron chi connectivity index (χ1n) is 14.0. The number of carbonyl (C=O) groups is 3. The Morgan fingerprint density at radius 2 is 1.25 bits per heavy atom. The van der Waals surface area contributed by atoms with Crippen molar-refractivity contribution in [2.24, 2.45) is 0 Å². The highest BCUT2D eigenvalue weighted by Gasteiger charge is 2.21. The van der Waals surface area contributed by atoms with Gasteiger partial charge in [0, 0.05) is 5.56 Å². The SMILES string of the molecule is CCCCCCCCCCCCOc1ccc(C(=O)Oc2ccc(C(=O)c3c(O)ccc(C=O)c3O)cc2)cc1. The Bertz CT molecular complexity index is 1250. The van der Waals surface area contributed by atoms with Crippen molar-refractivity contribution in [3.63, 3.8) is 0 Å². The standard InChI is InChI=1S/C33H38O7/c1-2-3-4-5-6-7-8-9-10-11-22-39-27-17-14-25(15-18-27)33(38)40-28-19-12-24(13-20-28)31(36)30-29(35)21-16-26(23-34)32(30)37/h12-21,23,35,37H,2-11,22H2,1H3. The zero-order chi connectivity index (χ0) is 28.7. The lowest BCUT2D eigenvalue weighted by atomic mass is 9.99. The van der Waals surface area contributed by atoms with E-state index >= 15 is 0 Å². The number of phenolic OH excluding ortho intramolecular Hbond substituents is 2. The molecule has 3 aromatic rings. The van der Waals surface area contributed by atoms with E-state index in [2.05, 4.69) is 6.92 Å². The summed E-state index contributed by atoms with van der Waals surface area (Å²) in [5, 5.41) is 20.2. The molecular weight excluding hydrogens is 508 g/mol. The molecule has 0 aliphatic rings. The number of phenols is 2. The van der Waals surface area contributed by atoms with Gasteiger partial charge in [0.15, 0.2) is 6.29 Å². The smallest absolute Gasteiger partial charge is 0.343 e. The van der Waals surface area contributed by atoms with Crippen molar-refractivity contribution in [3.8, 4) is 23.0 Å². The second kappa shape index (κ2) is 16.1. The van der Waals surface area contributed by atoms with E-state index in [1.807, 2.05) is 0 Å². The largest absolute Gasteiger partial charge is 0.507 e. The molecule has 0 saturated carbocycles. The number of hydrogen-bond acceptors (Lipinski definition) is 7. The molecule has 0 bridgehead atoms. The molecule has 3 rings (SSSR count). The summed E-state index contributed by atoms with van der Waals surface area (Å²) in [5.41, 5.74) is 0.0102. The lowest BCUT2D eigenvalue weighted by Gasteiger charge is -2.09. The molecule has 0 spiro atoms. The summed E-state index contributed by atoms with van der Waals surface area (Å²) in [5.74, 6) is -1.36. The van der Waals surface area contributed by atoms with Gasteiger partial charge in [-0.3, -0.25) is 9.59 Å². The van der Waals surface area contributed by atoms with Gasteiger partial charge < -0.3 is 19.7 Å². The topological polar surface area (TPSA) is 110 Å². The number of ether oxygens (including phenoxy) is 2. The molecule has 0 saturated heterocycles. The van der Waals surface area contributed by atoms with Gasteiger partial charge in [-0.15, -0.1) is 0 Å². The van der Waals surface area contributed by atoms with Crippen LogP contribution < -0.4 is 9.47 Å². The van der Waals surface area contributed by atoms with Gasteiger partial charge in [0.05, 0.1) is 17.7 Å². The summed E-state index contributed by atoms with van der Waals surface area (Å²) >= 11 is 0. The summed E-state index contributed by atoms with van der Waals surface area (Å²) in [6, 6.07) is 14.8. The van der Waals surface area contributed by atoms with Crippen LogP contribution >= 0.6 is 0 Å². The second-order valence-electron chi connectivity index (χ2n) is 9.81. The minimum atomic E-state index is -0.676. The molecule has 0 radical (unpaired) electrons. The fourth-order valence-corrected chi connectivity index (χ4v) is 4.37. The van der Waals surface area contributed by atoms with Gasteiger partial charge in [0.2, 0.25) is 5.78 Å². The summed E-state index contributed by atoms with van der Waals surface area (Å²) in [6.45, 7) is 2.88. The average molecular weight is 547 g/mol. The Morgan fingerprint density at radius 1 is 0.700 bits per heavy atom. The molecular formula is C33H38O7. The van der Waals surface area contributed by atoms with Gasteiger partial charge in [0.25, 0.3) is 0 Å². The highest BCUT2D eigenvalue weighted by molar-refractivity contribution is 6.13. The van der Waals surface area contributed by atoms with Gasteiger partial charge >= 0.3 is 5.97 Å². The van der Waals surface area contributed by atoms with Crippen molar-refractivity contribution in [2.45, 2.75) is 71.1 Å². The van der Waals surface area contributed by atoms with Crippen LogP contribution in [0.3, 0.4) is 0 Å². The molecule has 0 unspecified atom stereocenters. The number of esters is 1. The fourth-order valence-electron chi connectivity index (χ4n) is 4.37. The third kappa shape index (κ3) is 8.97. The number of ketones is 1. The first-order chi connectivity index (χ1) is 19.4. The average Bonchev–Trinajstić information content (AvgIpc) is 2.96. The normalized spacial score (nSPS) is 10.7. The molecule has 0 fully saturated rings. The molecule has 7 nitrogen and oxygen atoms in total. The Balaban J connectivity index is 1.42. The van der Waals surface area contributed by atoms with Crippen LogP contribution in [0.1, 0.15) is 108 Å². The summed E-state index contributed by atoms with van der Waals surface area (Å²) in [4.78, 5) is 36.4. The number of benzene rings is 3. The van der Waals surface area contributed by atoms with Gasteiger partial charge in [-0.05, 0) is 67.1 Å². The van der Waals surface area contributed by atoms with Crippen LogP contribution in [0.15, 0.2) is 60.7 Å². The third-order valence-corrected chi connectivity index (χ3v) is 6.72. The van der Waals surface area contributed by atoms with Crippen molar-refractivity contribution in [3.05, 3.63) is 82.9 Å². The molecule has 0 aliphatic carbocycles. The van der Waals surface area contributed by atoms with Gasteiger partial charge in [-0.1, -0.05) is 64.7 Å². The van der Waals surface area contributed by atoms with Crippen LogP contribution in [0.4, 0.5) is 0 Å². The predicted octanol–water partition coefficient (Wildman–Crippen LogP) is 7.66. The van der Waals surface area contributed by atoms with Crippen LogP contribution in [0.2, 0.25) is 0 Å².